The van der Waals surface area contributed by atoms with E-state index in [-0.39, 0.29) is 5.44 Å². The molecule has 1 aliphatic heterocycles. The van der Waals surface area contributed by atoms with E-state index in [9.17, 15) is 14.0 Å². The van der Waals surface area contributed by atoms with Crippen LogP contribution in [0.2, 0.25) is 0 Å². The first-order chi connectivity index (χ1) is 9.92. The molecule has 9 heteroatoms. The van der Waals surface area contributed by atoms with Gasteiger partial charge in [-0.1, -0.05) is 6.92 Å². The molecule has 3 N–H and O–H groups in total. The van der Waals surface area contributed by atoms with Crippen molar-refractivity contribution < 1.29 is 19.0 Å². The zero-order valence-corrected chi connectivity index (χ0v) is 12.2. The molecular formula is C12H16FN3O4S. The van der Waals surface area contributed by atoms with Crippen molar-refractivity contribution in [3.05, 3.63) is 22.5 Å². The standard InChI is InChI=1S/C12H16FN3O4S/c1-2-6(11(17)18)3-9-20-8(5-21-9)16-4-7(13)10(14)15-12(16)19/h4,6,8-9H,2-3,5H2,1H3,(H,17,18)(H2,14,15,19)/t6?,8-,9+/m0/s1. The first kappa shape index (κ1) is 15.8. The zero-order valence-electron chi connectivity index (χ0n) is 11.4. The Morgan fingerprint density at radius 3 is 3.10 bits per heavy atom. The van der Waals surface area contributed by atoms with Crippen LogP contribution < -0.4 is 11.4 Å². The van der Waals surface area contributed by atoms with Gasteiger partial charge in [-0.3, -0.25) is 9.36 Å². The van der Waals surface area contributed by atoms with Crippen LogP contribution in [0, 0.1) is 11.7 Å². The first-order valence-corrected chi connectivity index (χ1v) is 7.51. The summed E-state index contributed by atoms with van der Waals surface area (Å²) in [4.78, 5) is 26.1. The highest BCUT2D eigenvalue weighted by atomic mass is 32.2. The second-order valence-electron chi connectivity index (χ2n) is 4.70. The third-order valence-electron chi connectivity index (χ3n) is 3.30. The van der Waals surface area contributed by atoms with E-state index in [0.717, 1.165) is 10.8 Å². The van der Waals surface area contributed by atoms with Gasteiger partial charge in [0.15, 0.2) is 11.6 Å². The molecule has 1 aliphatic rings. The number of aromatic nitrogens is 2. The summed E-state index contributed by atoms with van der Waals surface area (Å²) in [7, 11) is 0. The lowest BCUT2D eigenvalue weighted by molar-refractivity contribution is -0.143. The van der Waals surface area contributed by atoms with E-state index in [2.05, 4.69) is 4.98 Å². The van der Waals surface area contributed by atoms with E-state index >= 15 is 0 Å². The summed E-state index contributed by atoms with van der Waals surface area (Å²) < 4.78 is 20.1. The van der Waals surface area contributed by atoms with Gasteiger partial charge in [-0.15, -0.1) is 11.8 Å². The number of carbonyl (C=O) groups is 1. The van der Waals surface area contributed by atoms with Crippen LogP contribution in [0.3, 0.4) is 0 Å². The van der Waals surface area contributed by atoms with Crippen molar-refractivity contribution in [1.82, 2.24) is 9.55 Å². The molecule has 116 valence electrons. The van der Waals surface area contributed by atoms with Gasteiger partial charge in [0.25, 0.3) is 0 Å². The Morgan fingerprint density at radius 2 is 2.48 bits per heavy atom. The highest BCUT2D eigenvalue weighted by Gasteiger charge is 2.31. The fraction of sp³-hybridized carbons (Fsp3) is 0.583. The number of hydrogen-bond acceptors (Lipinski definition) is 6. The molecular weight excluding hydrogens is 301 g/mol. The summed E-state index contributed by atoms with van der Waals surface area (Å²) in [6, 6.07) is 0. The smallest absolute Gasteiger partial charge is 0.351 e. The molecule has 1 aromatic heterocycles. The number of hydrogen-bond donors (Lipinski definition) is 2. The fourth-order valence-corrected chi connectivity index (χ4v) is 3.24. The van der Waals surface area contributed by atoms with Crippen LogP contribution in [0.5, 0.6) is 0 Å². The molecule has 1 saturated heterocycles. The number of thioether (sulfide) groups is 1. The predicted octanol–water partition coefficient (Wildman–Crippen LogP) is 1.05. The minimum absolute atomic E-state index is 0.340. The number of carboxylic acids is 1. The number of nitrogen functional groups attached to an aromatic ring is 1. The molecule has 0 aliphatic carbocycles. The van der Waals surface area contributed by atoms with Crippen molar-refractivity contribution in [2.45, 2.75) is 31.4 Å². The quantitative estimate of drug-likeness (QED) is 0.835. The van der Waals surface area contributed by atoms with Crippen LogP contribution in [0.1, 0.15) is 26.0 Å². The lowest BCUT2D eigenvalue weighted by atomic mass is 10.0. The van der Waals surface area contributed by atoms with Gasteiger partial charge in [0, 0.05) is 5.75 Å². The van der Waals surface area contributed by atoms with Crippen LogP contribution in [0.4, 0.5) is 10.2 Å². The van der Waals surface area contributed by atoms with E-state index in [4.69, 9.17) is 15.6 Å². The fourth-order valence-electron chi connectivity index (χ4n) is 2.05. The molecule has 0 spiro atoms. The lowest BCUT2D eigenvalue weighted by Crippen LogP contribution is -2.30. The van der Waals surface area contributed by atoms with E-state index in [0.29, 0.717) is 18.6 Å². The molecule has 2 heterocycles. The number of rotatable bonds is 5. The Labute approximate surface area is 124 Å². The number of nitrogens with two attached hydrogens (primary N) is 1. The molecule has 21 heavy (non-hydrogen) atoms. The lowest BCUT2D eigenvalue weighted by Gasteiger charge is -2.17. The third kappa shape index (κ3) is 3.53. The van der Waals surface area contributed by atoms with Crippen molar-refractivity contribution in [3.63, 3.8) is 0 Å². The Morgan fingerprint density at radius 1 is 1.76 bits per heavy atom. The topological polar surface area (TPSA) is 107 Å². The highest BCUT2D eigenvalue weighted by molar-refractivity contribution is 7.99. The van der Waals surface area contributed by atoms with Gasteiger partial charge >= 0.3 is 11.7 Å². The Kier molecular flexibility index (Phi) is 4.84. The summed E-state index contributed by atoms with van der Waals surface area (Å²) in [6.45, 7) is 1.79. The zero-order chi connectivity index (χ0) is 15.6. The molecule has 0 aromatic carbocycles. The average Bonchev–Trinajstić information content (AvgIpc) is 2.88. The molecule has 0 saturated carbocycles. The van der Waals surface area contributed by atoms with Crippen LogP contribution in [-0.2, 0) is 9.53 Å². The van der Waals surface area contributed by atoms with Gasteiger partial charge in [-0.05, 0) is 12.8 Å². The molecule has 3 atom stereocenters. The second kappa shape index (κ2) is 6.44. The van der Waals surface area contributed by atoms with Crippen LogP contribution in [0.15, 0.2) is 11.0 Å². The monoisotopic (exact) mass is 317 g/mol. The van der Waals surface area contributed by atoms with Crippen LogP contribution in [0.25, 0.3) is 0 Å². The number of nitrogens with zero attached hydrogens (tertiary/aromatic N) is 2. The van der Waals surface area contributed by atoms with Gasteiger partial charge < -0.3 is 15.6 Å². The van der Waals surface area contributed by atoms with Crippen molar-refractivity contribution in [1.29, 1.82) is 0 Å². The molecule has 7 nitrogen and oxygen atoms in total. The average molecular weight is 317 g/mol. The summed E-state index contributed by atoms with van der Waals surface area (Å²) in [5, 5.41) is 9.03. The number of carboxylic acid groups (broad SMARTS) is 1. The van der Waals surface area contributed by atoms with Gasteiger partial charge in [-0.2, -0.15) is 4.98 Å². The van der Waals surface area contributed by atoms with Crippen molar-refractivity contribution >= 4 is 23.5 Å². The van der Waals surface area contributed by atoms with Crippen molar-refractivity contribution in [2.24, 2.45) is 5.92 Å². The summed E-state index contributed by atoms with van der Waals surface area (Å²) in [5.74, 6) is -2.19. The van der Waals surface area contributed by atoms with Gasteiger partial charge in [0.2, 0.25) is 0 Å². The molecule has 0 amide bonds. The van der Waals surface area contributed by atoms with Gasteiger partial charge in [-0.25, -0.2) is 9.18 Å². The molecule has 1 aromatic rings. The number of aliphatic carboxylic acids is 1. The Bertz CT molecular complexity index is 594. The minimum atomic E-state index is -0.873. The summed E-state index contributed by atoms with van der Waals surface area (Å²) >= 11 is 1.40. The minimum Gasteiger partial charge on any atom is -0.481 e. The van der Waals surface area contributed by atoms with E-state index in [1.54, 1.807) is 6.92 Å². The highest BCUT2D eigenvalue weighted by Crippen LogP contribution is 2.35. The molecule has 0 radical (unpaired) electrons. The van der Waals surface area contributed by atoms with Gasteiger partial charge in [0.1, 0.15) is 11.7 Å². The molecule has 0 bridgehead atoms. The molecule has 2 rings (SSSR count). The number of halogens is 1. The number of ether oxygens (including phenoxy) is 1. The van der Waals surface area contributed by atoms with Crippen molar-refractivity contribution in [3.8, 4) is 0 Å². The third-order valence-corrected chi connectivity index (χ3v) is 4.45. The predicted molar refractivity (Wildman–Crippen MR) is 75.3 cm³/mol. The normalized spacial score (nSPS) is 23.1. The molecule has 1 unspecified atom stereocenters. The molecule has 1 fully saturated rings. The maximum Gasteiger partial charge on any atom is 0.351 e. The number of anilines is 1. The Hall–Kier alpha value is -1.61. The van der Waals surface area contributed by atoms with Crippen molar-refractivity contribution in [2.75, 3.05) is 11.5 Å². The largest absolute Gasteiger partial charge is 0.481 e. The Balaban J connectivity index is 2.07. The SMILES string of the molecule is CCC(C[C@@H]1O[C@H](n2cc(F)c(N)nc2=O)CS1)C(=O)O. The van der Waals surface area contributed by atoms with Crippen LogP contribution in [-0.4, -0.2) is 31.8 Å². The van der Waals surface area contributed by atoms with E-state index < -0.39 is 35.4 Å². The van der Waals surface area contributed by atoms with E-state index in [1.807, 2.05) is 0 Å². The summed E-state index contributed by atoms with van der Waals surface area (Å²) in [5.41, 5.74) is 4.19. The second-order valence-corrected chi connectivity index (χ2v) is 5.89. The van der Waals surface area contributed by atoms with Gasteiger partial charge in [0.05, 0.1) is 12.1 Å². The first-order valence-electron chi connectivity index (χ1n) is 6.46. The van der Waals surface area contributed by atoms with E-state index in [1.165, 1.54) is 11.8 Å². The maximum atomic E-state index is 13.4. The maximum absolute atomic E-state index is 13.4. The summed E-state index contributed by atoms with van der Waals surface area (Å²) in [6.07, 6.45) is 1.14. The van der Waals surface area contributed by atoms with Crippen LogP contribution >= 0.6 is 11.8 Å².